The molecule has 39 heavy (non-hydrogen) atoms. The van der Waals surface area contributed by atoms with Crippen LogP contribution >= 0.6 is 22.6 Å². The van der Waals surface area contributed by atoms with Gasteiger partial charge in [-0.2, -0.15) is 5.10 Å². The molecule has 200 valence electrons. The van der Waals surface area contributed by atoms with Gasteiger partial charge in [0.25, 0.3) is 5.91 Å². The van der Waals surface area contributed by atoms with E-state index in [1.165, 1.54) is 26.5 Å². The quantitative estimate of drug-likeness (QED) is 0.117. The number of nitrogens with one attached hydrogen (secondary N) is 1. The summed E-state index contributed by atoms with van der Waals surface area (Å²) in [5.74, 6) is 1.17. The van der Waals surface area contributed by atoms with Crippen molar-refractivity contribution in [3.05, 3.63) is 117 Å². The predicted molar refractivity (Wildman–Crippen MR) is 155 cm³/mol. The van der Waals surface area contributed by atoms with Gasteiger partial charge in [-0.25, -0.2) is 9.82 Å². The average molecular weight is 640 g/mol. The van der Waals surface area contributed by atoms with Gasteiger partial charge >= 0.3 is 0 Å². The van der Waals surface area contributed by atoms with E-state index < -0.39 is 5.91 Å². The number of rotatable bonds is 11. The molecule has 4 aromatic rings. The van der Waals surface area contributed by atoms with Crippen molar-refractivity contribution < 1.29 is 28.1 Å². The van der Waals surface area contributed by atoms with Gasteiger partial charge in [0.1, 0.15) is 19.0 Å². The van der Waals surface area contributed by atoms with Gasteiger partial charge in [-0.3, -0.25) is 4.79 Å². The Kier molecular flexibility index (Phi) is 9.74. The molecule has 0 bridgehead atoms. The Morgan fingerprint density at radius 1 is 0.872 bits per heavy atom. The van der Waals surface area contributed by atoms with Crippen molar-refractivity contribution in [1.82, 2.24) is 5.43 Å². The van der Waals surface area contributed by atoms with Crippen molar-refractivity contribution in [2.45, 2.75) is 13.2 Å². The van der Waals surface area contributed by atoms with Crippen LogP contribution in [-0.4, -0.2) is 26.3 Å². The molecule has 4 rings (SSSR count). The van der Waals surface area contributed by atoms with Gasteiger partial charge in [0.05, 0.1) is 24.0 Å². The summed E-state index contributed by atoms with van der Waals surface area (Å²) in [4.78, 5) is 12.7. The number of carbonyl (C=O) groups excluding carboxylic acids is 1. The van der Waals surface area contributed by atoms with Crippen molar-refractivity contribution in [3.8, 4) is 23.0 Å². The van der Waals surface area contributed by atoms with Crippen LogP contribution in [-0.2, 0) is 13.2 Å². The Morgan fingerprint density at radius 3 is 2.36 bits per heavy atom. The lowest BCUT2D eigenvalue weighted by Crippen LogP contribution is -2.17. The molecular formula is C30H26FIN2O5. The van der Waals surface area contributed by atoms with Crippen LogP contribution in [0.4, 0.5) is 4.39 Å². The van der Waals surface area contributed by atoms with Gasteiger partial charge in [0.15, 0.2) is 23.0 Å². The topological polar surface area (TPSA) is 78.4 Å². The molecule has 7 nitrogen and oxygen atoms in total. The maximum atomic E-state index is 13.9. The predicted octanol–water partition coefficient (Wildman–Crippen LogP) is 6.37. The SMILES string of the molecule is COc1cc(C(=O)N/N=C/c2cc(I)c(OCc3ccccc3F)c(OC)c2)ccc1OCc1ccccc1. The fraction of sp³-hybridized carbons (Fsp3) is 0.133. The Labute approximate surface area is 239 Å². The van der Waals surface area contributed by atoms with E-state index in [1.807, 2.05) is 36.4 Å². The first-order valence-corrected chi connectivity index (χ1v) is 13.0. The van der Waals surface area contributed by atoms with Gasteiger partial charge < -0.3 is 18.9 Å². The summed E-state index contributed by atoms with van der Waals surface area (Å²) >= 11 is 2.11. The molecule has 0 heterocycles. The summed E-state index contributed by atoms with van der Waals surface area (Å²) in [6, 6.07) is 24.7. The first-order valence-electron chi connectivity index (χ1n) is 11.9. The Hall–Kier alpha value is -4.12. The molecule has 0 radical (unpaired) electrons. The van der Waals surface area contributed by atoms with Crippen LogP contribution in [0.25, 0.3) is 0 Å². The second-order valence-corrected chi connectivity index (χ2v) is 9.42. The Morgan fingerprint density at radius 2 is 1.62 bits per heavy atom. The number of carbonyl (C=O) groups is 1. The maximum absolute atomic E-state index is 13.9. The van der Waals surface area contributed by atoms with Crippen LogP contribution in [0.15, 0.2) is 90.0 Å². The van der Waals surface area contributed by atoms with Crippen LogP contribution < -0.4 is 24.4 Å². The Balaban J connectivity index is 1.39. The second kappa shape index (κ2) is 13.6. The monoisotopic (exact) mass is 640 g/mol. The third-order valence-corrected chi connectivity index (χ3v) is 6.43. The highest BCUT2D eigenvalue weighted by atomic mass is 127. The highest BCUT2D eigenvalue weighted by Gasteiger charge is 2.14. The molecule has 0 aliphatic rings. The number of methoxy groups -OCH3 is 2. The summed E-state index contributed by atoms with van der Waals surface area (Å²) in [6.07, 6.45) is 1.50. The molecule has 0 unspecified atom stereocenters. The zero-order chi connectivity index (χ0) is 27.6. The minimum atomic E-state index is -0.411. The molecule has 0 spiro atoms. The summed E-state index contributed by atoms with van der Waals surface area (Å²) < 4.78 is 37.3. The molecule has 0 aliphatic carbocycles. The van der Waals surface area contributed by atoms with E-state index in [9.17, 15) is 9.18 Å². The summed E-state index contributed by atoms with van der Waals surface area (Å²) in [7, 11) is 3.04. The van der Waals surface area contributed by atoms with Gasteiger partial charge in [-0.05, 0) is 70.1 Å². The molecule has 0 atom stereocenters. The molecular weight excluding hydrogens is 614 g/mol. The van der Waals surface area contributed by atoms with Crippen LogP contribution in [0.3, 0.4) is 0 Å². The van der Waals surface area contributed by atoms with Gasteiger partial charge in [0.2, 0.25) is 0 Å². The lowest BCUT2D eigenvalue weighted by Gasteiger charge is -2.14. The zero-order valence-corrected chi connectivity index (χ0v) is 23.5. The molecule has 4 aromatic carbocycles. The first kappa shape index (κ1) is 27.9. The molecule has 0 aromatic heterocycles. The van der Waals surface area contributed by atoms with E-state index in [1.54, 1.807) is 42.5 Å². The normalized spacial score (nSPS) is 10.8. The molecule has 1 N–H and O–H groups in total. The van der Waals surface area contributed by atoms with E-state index in [-0.39, 0.29) is 12.4 Å². The number of halogens is 2. The van der Waals surface area contributed by atoms with E-state index in [4.69, 9.17) is 18.9 Å². The fourth-order valence-corrected chi connectivity index (χ4v) is 4.39. The lowest BCUT2D eigenvalue weighted by atomic mass is 10.2. The molecule has 1 amide bonds. The fourth-order valence-electron chi connectivity index (χ4n) is 3.61. The van der Waals surface area contributed by atoms with Gasteiger partial charge in [-0.1, -0.05) is 48.5 Å². The van der Waals surface area contributed by atoms with E-state index in [0.29, 0.717) is 46.3 Å². The third kappa shape index (κ3) is 7.47. The van der Waals surface area contributed by atoms with E-state index >= 15 is 0 Å². The van der Waals surface area contributed by atoms with E-state index in [2.05, 4.69) is 33.1 Å². The van der Waals surface area contributed by atoms with Crippen molar-refractivity contribution in [2.24, 2.45) is 5.10 Å². The lowest BCUT2D eigenvalue weighted by molar-refractivity contribution is 0.0954. The molecule has 9 heteroatoms. The number of hydrogen-bond donors (Lipinski definition) is 1. The molecule has 0 fully saturated rings. The number of benzene rings is 4. The van der Waals surface area contributed by atoms with Crippen molar-refractivity contribution >= 4 is 34.7 Å². The standard InChI is InChI=1S/C30H26FIN2O5/c1-36-27-16-22(12-13-26(27)38-18-20-8-4-3-5-9-20)30(35)34-33-17-21-14-25(32)29(28(15-21)37-2)39-19-23-10-6-7-11-24(23)31/h3-17H,18-19H2,1-2H3,(H,34,35)/b33-17+. The minimum absolute atomic E-state index is 0.0576. The number of nitrogens with zero attached hydrogens (tertiary/aromatic N) is 1. The van der Waals surface area contributed by atoms with Crippen molar-refractivity contribution in [3.63, 3.8) is 0 Å². The number of hydrogen-bond acceptors (Lipinski definition) is 6. The number of ether oxygens (including phenoxy) is 4. The molecule has 0 saturated heterocycles. The van der Waals surface area contributed by atoms with Gasteiger partial charge in [-0.15, -0.1) is 0 Å². The molecule has 0 aliphatic heterocycles. The third-order valence-electron chi connectivity index (χ3n) is 5.62. The molecule has 0 saturated carbocycles. The van der Waals surface area contributed by atoms with Crippen LogP contribution in [0.1, 0.15) is 27.0 Å². The summed E-state index contributed by atoms with van der Waals surface area (Å²) in [5.41, 5.74) is 5.02. The van der Waals surface area contributed by atoms with E-state index in [0.717, 1.165) is 9.13 Å². The number of hydrazone groups is 1. The van der Waals surface area contributed by atoms with Crippen LogP contribution in [0.5, 0.6) is 23.0 Å². The summed E-state index contributed by atoms with van der Waals surface area (Å²) in [5, 5.41) is 4.08. The van der Waals surface area contributed by atoms with Crippen molar-refractivity contribution in [2.75, 3.05) is 14.2 Å². The summed E-state index contributed by atoms with van der Waals surface area (Å²) in [6.45, 7) is 0.435. The average Bonchev–Trinajstić information content (AvgIpc) is 2.96. The highest BCUT2D eigenvalue weighted by Crippen LogP contribution is 2.34. The van der Waals surface area contributed by atoms with Crippen molar-refractivity contribution in [1.29, 1.82) is 0 Å². The largest absolute Gasteiger partial charge is 0.493 e. The zero-order valence-electron chi connectivity index (χ0n) is 21.3. The van der Waals surface area contributed by atoms with Gasteiger partial charge in [0, 0.05) is 11.1 Å². The minimum Gasteiger partial charge on any atom is -0.493 e. The second-order valence-electron chi connectivity index (χ2n) is 8.25. The van der Waals surface area contributed by atoms with Crippen LogP contribution in [0.2, 0.25) is 0 Å². The smallest absolute Gasteiger partial charge is 0.271 e. The first-order chi connectivity index (χ1) is 19.0. The highest BCUT2D eigenvalue weighted by molar-refractivity contribution is 14.1. The number of amides is 1. The van der Waals surface area contributed by atoms with Crippen LogP contribution in [0, 0.1) is 9.39 Å². The maximum Gasteiger partial charge on any atom is 0.271 e. The Bertz CT molecular complexity index is 1460.